The molecule has 0 spiro atoms. The molecule has 0 saturated carbocycles. The molecule has 74 valence electrons. The van der Waals surface area contributed by atoms with Crippen molar-refractivity contribution in [3.63, 3.8) is 0 Å². The lowest BCUT2D eigenvalue weighted by Crippen LogP contribution is -2.19. The number of benzene rings is 1. The fraction of sp³-hybridized carbons (Fsp3) is 0.333. The Morgan fingerprint density at radius 1 is 1.50 bits per heavy atom. The Kier molecular flexibility index (Phi) is 2.54. The predicted molar refractivity (Wildman–Crippen MR) is 54.3 cm³/mol. The molecule has 1 aromatic heterocycles. The van der Waals surface area contributed by atoms with Gasteiger partial charge in [-0.15, -0.1) is 16.7 Å². The normalized spacial score (nSPS) is 13.0. The molecular weight excluding hydrogens is 202 g/mol. The molecule has 1 aromatic carbocycles. The first-order valence-corrected chi connectivity index (χ1v) is 4.79. The fourth-order valence-electron chi connectivity index (χ4n) is 1.12. The Bertz CT molecular complexity index is 427. The van der Waals surface area contributed by atoms with E-state index in [2.05, 4.69) is 10.3 Å². The van der Waals surface area contributed by atoms with Crippen molar-refractivity contribution in [2.75, 3.05) is 6.61 Å². The molecule has 0 bridgehead atoms. The van der Waals surface area contributed by atoms with Crippen molar-refractivity contribution in [2.45, 2.75) is 12.3 Å². The van der Waals surface area contributed by atoms with Crippen molar-refractivity contribution in [1.29, 1.82) is 0 Å². The van der Waals surface area contributed by atoms with E-state index in [0.29, 0.717) is 6.61 Å². The van der Waals surface area contributed by atoms with Crippen LogP contribution in [0.5, 0.6) is 0 Å². The molecule has 2 rings (SSSR count). The first-order valence-electron chi connectivity index (χ1n) is 4.35. The molecule has 0 N–H and O–H groups in total. The Morgan fingerprint density at radius 2 is 2.29 bits per heavy atom. The Hall–Kier alpha value is -1.29. The second-order valence-corrected chi connectivity index (χ2v) is 3.77. The third-order valence-corrected chi connectivity index (χ3v) is 1.87. The van der Waals surface area contributed by atoms with Crippen LogP contribution in [0, 0.1) is 0 Å². The van der Waals surface area contributed by atoms with Crippen LogP contribution in [-0.2, 0) is 0 Å². The SMILES string of the molecule is CC(Cl)COn1nnc2ccccc21. The van der Waals surface area contributed by atoms with Crippen molar-refractivity contribution in [3.05, 3.63) is 24.3 Å². The van der Waals surface area contributed by atoms with Gasteiger partial charge in [0, 0.05) is 0 Å². The summed E-state index contributed by atoms with van der Waals surface area (Å²) in [6, 6.07) is 7.60. The molecule has 0 fully saturated rings. The molecule has 0 amide bonds. The van der Waals surface area contributed by atoms with Gasteiger partial charge in [-0.25, -0.2) is 0 Å². The Balaban J connectivity index is 2.25. The van der Waals surface area contributed by atoms with Crippen molar-refractivity contribution in [1.82, 2.24) is 15.2 Å². The van der Waals surface area contributed by atoms with Crippen molar-refractivity contribution < 1.29 is 4.84 Å². The molecule has 0 saturated heterocycles. The highest BCUT2D eigenvalue weighted by molar-refractivity contribution is 6.20. The van der Waals surface area contributed by atoms with Crippen LogP contribution in [0.2, 0.25) is 0 Å². The Morgan fingerprint density at radius 3 is 3.07 bits per heavy atom. The van der Waals surface area contributed by atoms with E-state index >= 15 is 0 Å². The molecule has 4 nitrogen and oxygen atoms in total. The number of para-hydroxylation sites is 1. The van der Waals surface area contributed by atoms with E-state index < -0.39 is 0 Å². The van der Waals surface area contributed by atoms with Gasteiger partial charge < -0.3 is 4.84 Å². The third-order valence-electron chi connectivity index (χ3n) is 1.75. The van der Waals surface area contributed by atoms with E-state index in [-0.39, 0.29) is 5.38 Å². The number of alkyl halides is 1. The maximum Gasteiger partial charge on any atom is 0.133 e. The van der Waals surface area contributed by atoms with Gasteiger partial charge in [0.1, 0.15) is 17.6 Å². The maximum atomic E-state index is 5.76. The first kappa shape index (κ1) is 9.27. The second kappa shape index (κ2) is 3.84. The number of hydrogen-bond acceptors (Lipinski definition) is 3. The highest BCUT2D eigenvalue weighted by Gasteiger charge is 2.04. The average molecular weight is 212 g/mol. The molecule has 1 atom stereocenters. The summed E-state index contributed by atoms with van der Waals surface area (Å²) in [5, 5.41) is 7.75. The first-order chi connectivity index (χ1) is 6.77. The lowest BCUT2D eigenvalue weighted by Gasteiger charge is -2.05. The summed E-state index contributed by atoms with van der Waals surface area (Å²) in [6.07, 6.45) is 0. The van der Waals surface area contributed by atoms with Crippen LogP contribution in [0.15, 0.2) is 24.3 Å². The van der Waals surface area contributed by atoms with Crippen LogP contribution in [0.3, 0.4) is 0 Å². The van der Waals surface area contributed by atoms with Gasteiger partial charge in [0.05, 0.1) is 5.38 Å². The van der Waals surface area contributed by atoms with Crippen LogP contribution >= 0.6 is 11.6 Å². The van der Waals surface area contributed by atoms with Gasteiger partial charge in [-0.05, 0) is 24.3 Å². The minimum atomic E-state index is -0.0436. The predicted octanol–water partition coefficient (Wildman–Crippen LogP) is 1.49. The minimum Gasteiger partial charge on any atom is -0.393 e. The molecule has 1 unspecified atom stereocenters. The van der Waals surface area contributed by atoms with Crippen molar-refractivity contribution in [3.8, 4) is 0 Å². The molecule has 0 aliphatic carbocycles. The standard InChI is InChI=1S/C9H10ClN3O/c1-7(10)6-14-13-9-5-3-2-4-8(9)11-12-13/h2-5,7H,6H2,1H3. The van der Waals surface area contributed by atoms with E-state index in [1.807, 2.05) is 31.2 Å². The van der Waals surface area contributed by atoms with E-state index in [1.165, 1.54) is 4.85 Å². The number of hydrogen-bond donors (Lipinski definition) is 0. The maximum absolute atomic E-state index is 5.76. The summed E-state index contributed by atoms with van der Waals surface area (Å²) in [4.78, 5) is 6.73. The topological polar surface area (TPSA) is 39.9 Å². The van der Waals surface area contributed by atoms with Gasteiger partial charge in [0.25, 0.3) is 0 Å². The zero-order chi connectivity index (χ0) is 9.97. The number of fused-ring (bicyclic) bond motifs is 1. The lowest BCUT2D eigenvalue weighted by molar-refractivity contribution is 0.0895. The summed E-state index contributed by atoms with van der Waals surface area (Å²) < 4.78 is 0. The number of halogens is 1. The van der Waals surface area contributed by atoms with Gasteiger partial charge in [-0.2, -0.15) is 0 Å². The van der Waals surface area contributed by atoms with Crippen LogP contribution in [0.1, 0.15) is 6.92 Å². The third kappa shape index (κ3) is 1.80. The fourth-order valence-corrected chi connectivity index (χ4v) is 1.17. The van der Waals surface area contributed by atoms with Gasteiger partial charge in [-0.1, -0.05) is 17.0 Å². The summed E-state index contributed by atoms with van der Waals surface area (Å²) in [6.45, 7) is 2.27. The summed E-state index contributed by atoms with van der Waals surface area (Å²) in [5.74, 6) is 0. The highest BCUT2D eigenvalue weighted by Crippen LogP contribution is 2.08. The number of rotatable bonds is 3. The van der Waals surface area contributed by atoms with E-state index in [4.69, 9.17) is 16.4 Å². The monoisotopic (exact) mass is 211 g/mol. The average Bonchev–Trinajstić information content (AvgIpc) is 2.58. The van der Waals surface area contributed by atoms with Gasteiger partial charge in [0.2, 0.25) is 0 Å². The van der Waals surface area contributed by atoms with E-state index in [9.17, 15) is 0 Å². The molecule has 2 aromatic rings. The zero-order valence-electron chi connectivity index (χ0n) is 7.72. The van der Waals surface area contributed by atoms with Crippen LogP contribution < -0.4 is 4.84 Å². The molecular formula is C9H10ClN3O. The summed E-state index contributed by atoms with van der Waals surface area (Å²) >= 11 is 5.76. The largest absolute Gasteiger partial charge is 0.393 e. The second-order valence-electron chi connectivity index (χ2n) is 3.03. The van der Waals surface area contributed by atoms with Crippen molar-refractivity contribution >= 4 is 22.6 Å². The van der Waals surface area contributed by atoms with Gasteiger partial charge in [0.15, 0.2) is 0 Å². The molecule has 0 radical (unpaired) electrons. The molecule has 5 heteroatoms. The van der Waals surface area contributed by atoms with Crippen LogP contribution in [0.4, 0.5) is 0 Å². The molecule has 1 heterocycles. The highest BCUT2D eigenvalue weighted by atomic mass is 35.5. The lowest BCUT2D eigenvalue weighted by atomic mass is 10.3. The van der Waals surface area contributed by atoms with Gasteiger partial charge >= 0.3 is 0 Å². The van der Waals surface area contributed by atoms with Crippen LogP contribution in [0.25, 0.3) is 11.0 Å². The summed E-state index contributed by atoms with van der Waals surface area (Å²) in [5.41, 5.74) is 1.67. The molecule has 0 aliphatic rings. The minimum absolute atomic E-state index is 0.0436. The summed E-state index contributed by atoms with van der Waals surface area (Å²) in [7, 11) is 0. The van der Waals surface area contributed by atoms with E-state index in [1.54, 1.807) is 0 Å². The zero-order valence-corrected chi connectivity index (χ0v) is 8.48. The van der Waals surface area contributed by atoms with E-state index in [0.717, 1.165) is 11.0 Å². The smallest absolute Gasteiger partial charge is 0.133 e. The van der Waals surface area contributed by atoms with Crippen LogP contribution in [-0.4, -0.2) is 27.1 Å². The quantitative estimate of drug-likeness (QED) is 0.723. The molecule has 0 aliphatic heterocycles. The number of nitrogens with zero attached hydrogens (tertiary/aromatic N) is 3. The Labute approximate surface area is 86.4 Å². The van der Waals surface area contributed by atoms with Gasteiger partial charge in [-0.3, -0.25) is 0 Å². The number of aromatic nitrogens is 3. The molecule has 14 heavy (non-hydrogen) atoms. The van der Waals surface area contributed by atoms with Crippen molar-refractivity contribution in [2.24, 2.45) is 0 Å².